The average molecular weight is 645 g/mol. The number of benzene rings is 1. The summed E-state index contributed by atoms with van der Waals surface area (Å²) in [5, 5.41) is 26.4. The highest BCUT2D eigenvalue weighted by Gasteiger charge is 2.37. The van der Waals surface area contributed by atoms with E-state index in [9.17, 15) is 33.9 Å². The summed E-state index contributed by atoms with van der Waals surface area (Å²) in [6, 6.07) is -2.56. The molecule has 46 heavy (non-hydrogen) atoms. The summed E-state index contributed by atoms with van der Waals surface area (Å²) >= 11 is 0. The number of aliphatic hydroxyl groups excluding tert-OH is 1. The minimum Gasteiger partial charge on any atom is -0.394 e. The van der Waals surface area contributed by atoms with Gasteiger partial charge in [-0.05, 0) is 37.0 Å². The topological polar surface area (TPSA) is 323 Å². The van der Waals surface area contributed by atoms with E-state index in [1.807, 2.05) is 32.0 Å². The summed E-state index contributed by atoms with van der Waals surface area (Å²) in [6.07, 6.45) is 0.955. The lowest BCUT2D eigenvalue weighted by Crippen LogP contribution is -2.64. The van der Waals surface area contributed by atoms with Gasteiger partial charge in [0.1, 0.15) is 29.9 Å². The zero-order chi connectivity index (χ0) is 34.1. The number of aryl methyl sites for hydroxylation is 2. The summed E-state index contributed by atoms with van der Waals surface area (Å²) in [7, 11) is 0. The zero-order valence-corrected chi connectivity index (χ0v) is 25.3. The molecule has 1 aromatic rings. The first kappa shape index (κ1) is 35.2. The van der Waals surface area contributed by atoms with Crippen LogP contribution in [-0.2, 0) is 24.0 Å². The van der Waals surface area contributed by atoms with Gasteiger partial charge in [0.2, 0.25) is 23.6 Å². The van der Waals surface area contributed by atoms with Crippen LogP contribution in [-0.4, -0.2) is 96.5 Å². The number of amides is 7. The predicted molar refractivity (Wildman–Crippen MR) is 164 cm³/mol. The quantitative estimate of drug-likeness (QED) is 0.134. The maximum Gasteiger partial charge on any atom is 0.316 e. The number of guanidine groups is 1. The van der Waals surface area contributed by atoms with E-state index in [-0.39, 0.29) is 12.4 Å². The van der Waals surface area contributed by atoms with E-state index < -0.39 is 97.2 Å². The van der Waals surface area contributed by atoms with Crippen molar-refractivity contribution in [1.82, 2.24) is 37.2 Å². The molecular formula is C27H40N12O7. The van der Waals surface area contributed by atoms with Crippen LogP contribution in [0.2, 0.25) is 0 Å². The van der Waals surface area contributed by atoms with E-state index in [1.54, 1.807) is 0 Å². The predicted octanol–water partition coefficient (Wildman–Crippen LogP) is -5.49. The van der Waals surface area contributed by atoms with Gasteiger partial charge in [0.25, 0.3) is 5.91 Å². The van der Waals surface area contributed by atoms with Crippen molar-refractivity contribution < 1.29 is 33.9 Å². The molecule has 2 aliphatic heterocycles. The molecule has 1 saturated heterocycles. The number of carbonyl (C=O) groups is 6. The van der Waals surface area contributed by atoms with Crippen LogP contribution in [0.5, 0.6) is 0 Å². The van der Waals surface area contributed by atoms with Gasteiger partial charge in [0.15, 0.2) is 5.96 Å². The average Bonchev–Trinajstić information content (AvgIpc) is 3.01. The Morgan fingerprint density at radius 3 is 2.33 bits per heavy atom. The normalized spacial score (nSPS) is 27.6. The second-order valence-corrected chi connectivity index (χ2v) is 10.8. The Morgan fingerprint density at radius 2 is 1.70 bits per heavy atom. The van der Waals surface area contributed by atoms with Crippen LogP contribution in [0.3, 0.4) is 0 Å². The number of nitrogens with one attached hydrogen (secondary N) is 7. The number of nitrogens with zero attached hydrogens (tertiary/aromatic N) is 1. The number of aliphatic imine (C=N–C) groups is 1. The lowest BCUT2D eigenvalue weighted by molar-refractivity contribution is -0.133. The van der Waals surface area contributed by atoms with Gasteiger partial charge in [-0.15, -0.1) is 0 Å². The molecule has 7 amide bonds. The highest BCUT2D eigenvalue weighted by Crippen LogP contribution is 2.28. The third-order valence-electron chi connectivity index (χ3n) is 7.37. The second kappa shape index (κ2) is 15.6. The molecule has 1 fully saturated rings. The van der Waals surface area contributed by atoms with Gasteiger partial charge in [0.05, 0.1) is 18.7 Å². The van der Waals surface area contributed by atoms with Crippen molar-refractivity contribution in [3.63, 3.8) is 0 Å². The fraction of sp³-hybridized carbons (Fsp3) is 0.444. The molecule has 250 valence electrons. The zero-order valence-electron chi connectivity index (χ0n) is 25.3. The Balaban J connectivity index is 2.02. The van der Waals surface area contributed by atoms with Gasteiger partial charge in [-0.1, -0.05) is 18.2 Å². The lowest BCUT2D eigenvalue weighted by Gasteiger charge is -2.34. The number of hydrogen-bond donors (Lipinski definition) is 12. The molecule has 2 heterocycles. The van der Waals surface area contributed by atoms with Gasteiger partial charge in [-0.25, -0.2) is 9.79 Å². The maximum atomic E-state index is 13.6. The summed E-state index contributed by atoms with van der Waals surface area (Å²) in [4.78, 5) is 81.5. The van der Waals surface area contributed by atoms with Crippen LogP contribution < -0.4 is 60.2 Å². The molecule has 0 spiro atoms. The molecule has 3 rings (SSSR count). The summed E-state index contributed by atoms with van der Waals surface area (Å²) in [6.45, 7) is 2.10. The number of primary amides is 1. The van der Waals surface area contributed by atoms with Crippen LogP contribution in [0.25, 0.3) is 0 Å². The number of carbonyl (C=O) groups excluding carboxylic acids is 6. The van der Waals surface area contributed by atoms with E-state index in [1.165, 1.54) is 0 Å². The third-order valence-corrected chi connectivity index (χ3v) is 7.37. The highest BCUT2D eigenvalue weighted by atomic mass is 16.3. The molecule has 1 aromatic carbocycles. The molecule has 0 aromatic heterocycles. The molecule has 19 nitrogen and oxygen atoms in total. The van der Waals surface area contributed by atoms with Crippen LogP contribution in [0, 0.1) is 13.8 Å². The van der Waals surface area contributed by atoms with E-state index in [2.05, 4.69) is 42.2 Å². The number of aliphatic hydroxyl groups is 1. The Kier molecular flexibility index (Phi) is 12.0. The van der Waals surface area contributed by atoms with Crippen molar-refractivity contribution in [3.8, 4) is 0 Å². The molecule has 6 atom stereocenters. The Bertz CT molecular complexity index is 1430. The lowest BCUT2D eigenvalue weighted by atomic mass is 9.92. The summed E-state index contributed by atoms with van der Waals surface area (Å²) in [5.74, 6) is -4.78. The molecule has 19 heteroatoms. The van der Waals surface area contributed by atoms with Gasteiger partial charge in [-0.3, -0.25) is 24.0 Å². The van der Waals surface area contributed by atoms with Gasteiger partial charge in [0, 0.05) is 19.3 Å². The maximum absolute atomic E-state index is 13.6. The van der Waals surface area contributed by atoms with Crippen LogP contribution in [0.15, 0.2) is 35.1 Å². The number of hydrogen-bond acceptors (Lipinski definition) is 12. The molecule has 0 saturated carbocycles. The van der Waals surface area contributed by atoms with Gasteiger partial charge in [-0.2, -0.15) is 0 Å². The van der Waals surface area contributed by atoms with Crippen LogP contribution in [0.4, 0.5) is 4.79 Å². The van der Waals surface area contributed by atoms with Crippen molar-refractivity contribution in [2.45, 2.75) is 56.5 Å². The fourth-order valence-electron chi connectivity index (χ4n) is 4.63. The van der Waals surface area contributed by atoms with Crippen LogP contribution >= 0.6 is 0 Å². The summed E-state index contributed by atoms with van der Waals surface area (Å²) < 4.78 is 0. The van der Waals surface area contributed by atoms with E-state index >= 15 is 0 Å². The smallest absolute Gasteiger partial charge is 0.316 e. The molecule has 0 bridgehead atoms. The first-order chi connectivity index (χ1) is 21.7. The molecule has 2 unspecified atom stereocenters. The first-order valence-electron chi connectivity index (χ1n) is 14.2. The van der Waals surface area contributed by atoms with Crippen molar-refractivity contribution in [2.24, 2.45) is 27.9 Å². The Morgan fingerprint density at radius 1 is 1.00 bits per heavy atom. The van der Waals surface area contributed by atoms with Crippen molar-refractivity contribution in [1.29, 1.82) is 0 Å². The molecule has 0 aliphatic carbocycles. The van der Waals surface area contributed by atoms with Crippen molar-refractivity contribution in [2.75, 3.05) is 19.7 Å². The Hall–Kier alpha value is -5.27. The second-order valence-electron chi connectivity index (χ2n) is 10.8. The molecular weight excluding hydrogens is 604 g/mol. The van der Waals surface area contributed by atoms with Crippen LogP contribution in [0.1, 0.15) is 29.2 Å². The van der Waals surface area contributed by atoms with Gasteiger partial charge >= 0.3 is 6.03 Å². The molecule has 0 radical (unpaired) electrons. The SMILES string of the molecule is Cc1ccc(C2CC([C@@H]3NC(=O)/C(=C/NC(N)=O)NC(=O)[C@H](CN)NC(=O)[C@H](CO)NC(=O)[C@@H](N)CNC3=O)NC(N)=N2)cc1C. The number of nitrogens with two attached hydrogens (primary N) is 4. The molecule has 2 aliphatic rings. The van der Waals surface area contributed by atoms with Crippen molar-refractivity contribution >= 4 is 41.5 Å². The van der Waals surface area contributed by atoms with Crippen molar-refractivity contribution in [3.05, 3.63) is 46.8 Å². The Labute approximate surface area is 263 Å². The standard InChI is InChI=1S/C27H40N12O7/c1-11-3-4-13(5-12(11)2)15-6-16(38-26(30)37-15)20-25(45)32-8-14(29)21(41)36-19(10-40)24(44)34-17(7-28)22(42)35-18(23(43)39-20)9-33-27(31)46/h3-5,9,14-17,19-20,40H,6-8,10,28-29H2,1-2H3,(H,32,45)(H,34,44)(H,35,42)(H,36,41)(H,39,43)(H3,30,37,38)(H3,31,33,46)/b18-9-/t14-,15?,16?,17-,19-,20-/m0/s1. The molecule has 16 N–H and O–H groups in total. The monoisotopic (exact) mass is 644 g/mol. The minimum atomic E-state index is -1.54. The summed E-state index contributed by atoms with van der Waals surface area (Å²) in [5.41, 5.74) is 25.2. The van der Waals surface area contributed by atoms with E-state index in [0.29, 0.717) is 0 Å². The van der Waals surface area contributed by atoms with Gasteiger partial charge < -0.3 is 65.3 Å². The number of urea groups is 1. The third kappa shape index (κ3) is 9.13. The minimum absolute atomic E-state index is 0.0132. The first-order valence-corrected chi connectivity index (χ1v) is 14.2. The number of rotatable bonds is 5. The van der Waals surface area contributed by atoms with E-state index in [0.717, 1.165) is 22.9 Å². The fourth-order valence-corrected chi connectivity index (χ4v) is 4.63. The highest BCUT2D eigenvalue weighted by molar-refractivity contribution is 6.02. The van der Waals surface area contributed by atoms with E-state index in [4.69, 9.17) is 22.9 Å². The largest absolute Gasteiger partial charge is 0.394 e.